The molecule has 1 N–H and O–H groups in total. The molecule has 0 bridgehead atoms. The zero-order valence-electron chi connectivity index (χ0n) is 14.2. The number of anilines is 1. The van der Waals surface area contributed by atoms with E-state index in [1.165, 1.54) is 10.5 Å². The minimum Gasteiger partial charge on any atom is -0.487 e. The van der Waals surface area contributed by atoms with Gasteiger partial charge in [0.1, 0.15) is 18.0 Å². The van der Waals surface area contributed by atoms with Gasteiger partial charge in [0.25, 0.3) is 5.56 Å². The van der Waals surface area contributed by atoms with Crippen LogP contribution in [0.2, 0.25) is 0 Å². The minimum atomic E-state index is -0.138. The van der Waals surface area contributed by atoms with E-state index in [2.05, 4.69) is 10.3 Å². The van der Waals surface area contributed by atoms with E-state index >= 15 is 0 Å². The second-order valence-electron chi connectivity index (χ2n) is 5.73. The number of fused-ring (bicyclic) bond motifs is 1. The molecule has 25 heavy (non-hydrogen) atoms. The van der Waals surface area contributed by atoms with Crippen molar-refractivity contribution >= 4 is 17.2 Å². The second-order valence-corrected chi connectivity index (χ2v) is 5.73. The molecule has 0 atom stereocenters. The van der Waals surface area contributed by atoms with Crippen LogP contribution in [0.25, 0.3) is 5.65 Å². The Hall–Kier alpha value is -3.15. The van der Waals surface area contributed by atoms with Gasteiger partial charge < -0.3 is 10.1 Å². The van der Waals surface area contributed by atoms with Crippen molar-refractivity contribution in [3.63, 3.8) is 0 Å². The minimum absolute atomic E-state index is 0.0372. The molecule has 2 aromatic heterocycles. The summed E-state index contributed by atoms with van der Waals surface area (Å²) in [4.78, 5) is 27.9. The predicted molar refractivity (Wildman–Crippen MR) is 95.9 cm³/mol. The highest BCUT2D eigenvalue weighted by atomic mass is 16.5. The van der Waals surface area contributed by atoms with Crippen LogP contribution in [0.4, 0.5) is 5.69 Å². The fraction of sp³-hybridized carbons (Fsp3) is 0.211. The van der Waals surface area contributed by atoms with Crippen molar-refractivity contribution in [1.82, 2.24) is 9.38 Å². The van der Waals surface area contributed by atoms with Crippen LogP contribution < -0.4 is 15.6 Å². The first-order valence-electron chi connectivity index (χ1n) is 8.07. The molecule has 0 saturated heterocycles. The molecule has 0 saturated carbocycles. The van der Waals surface area contributed by atoms with Gasteiger partial charge in [0, 0.05) is 24.4 Å². The number of nitrogens with zero attached hydrogens (tertiary/aromatic N) is 2. The van der Waals surface area contributed by atoms with E-state index in [1.54, 1.807) is 37.4 Å². The van der Waals surface area contributed by atoms with Crippen LogP contribution in [0.3, 0.4) is 0 Å². The molecular weight excluding hydrogens is 318 g/mol. The second kappa shape index (κ2) is 7.17. The topological polar surface area (TPSA) is 72.7 Å². The van der Waals surface area contributed by atoms with E-state index in [1.807, 2.05) is 19.1 Å². The van der Waals surface area contributed by atoms with Gasteiger partial charge in [0.05, 0.1) is 5.69 Å². The normalized spacial score (nSPS) is 10.6. The van der Waals surface area contributed by atoms with Crippen molar-refractivity contribution in [2.75, 3.05) is 5.32 Å². The number of nitrogens with one attached hydrogen (secondary N) is 1. The van der Waals surface area contributed by atoms with Crippen LogP contribution in [0.1, 0.15) is 24.6 Å². The summed E-state index contributed by atoms with van der Waals surface area (Å²) in [5.41, 5.74) is 2.79. The lowest BCUT2D eigenvalue weighted by Crippen LogP contribution is -2.16. The molecular formula is C19H19N3O3. The number of carbonyl (C=O) groups excluding carboxylic acids is 1. The van der Waals surface area contributed by atoms with Crippen LogP contribution in [0.15, 0.2) is 53.5 Å². The highest BCUT2D eigenvalue weighted by Crippen LogP contribution is 2.17. The summed E-state index contributed by atoms with van der Waals surface area (Å²) in [6, 6.07) is 12.3. The third kappa shape index (κ3) is 4.03. The molecule has 0 radical (unpaired) electrons. The van der Waals surface area contributed by atoms with Gasteiger partial charge in [-0.2, -0.15) is 0 Å². The van der Waals surface area contributed by atoms with E-state index < -0.39 is 0 Å². The lowest BCUT2D eigenvalue weighted by atomic mass is 10.3. The molecule has 6 nitrogen and oxygen atoms in total. The van der Waals surface area contributed by atoms with E-state index in [0.717, 1.165) is 11.3 Å². The Morgan fingerprint density at radius 2 is 1.96 bits per heavy atom. The highest BCUT2D eigenvalue weighted by Gasteiger charge is 2.04. The maximum Gasteiger partial charge on any atom is 0.258 e. The van der Waals surface area contributed by atoms with Gasteiger partial charge in [0.15, 0.2) is 0 Å². The maximum absolute atomic E-state index is 12.1. The third-order valence-electron chi connectivity index (χ3n) is 3.72. The molecule has 0 aliphatic rings. The molecule has 1 aromatic carbocycles. The quantitative estimate of drug-likeness (QED) is 0.777. The zero-order chi connectivity index (χ0) is 17.8. The van der Waals surface area contributed by atoms with E-state index in [4.69, 9.17) is 4.74 Å². The molecule has 2 heterocycles. The largest absolute Gasteiger partial charge is 0.487 e. The number of rotatable bonds is 5. The SMILES string of the molecule is CCC(=O)Nc1ccc(OCc2cc(=O)n3ccc(C)cc3n2)cc1. The van der Waals surface area contributed by atoms with Gasteiger partial charge >= 0.3 is 0 Å². The molecule has 0 spiro atoms. The van der Waals surface area contributed by atoms with Crippen LogP contribution in [-0.2, 0) is 11.4 Å². The van der Waals surface area contributed by atoms with E-state index in [9.17, 15) is 9.59 Å². The van der Waals surface area contributed by atoms with Crippen molar-refractivity contribution in [2.24, 2.45) is 0 Å². The number of hydrogen-bond acceptors (Lipinski definition) is 4. The van der Waals surface area contributed by atoms with Crippen molar-refractivity contribution in [3.8, 4) is 5.75 Å². The smallest absolute Gasteiger partial charge is 0.258 e. The van der Waals surface area contributed by atoms with E-state index in [0.29, 0.717) is 23.5 Å². The summed E-state index contributed by atoms with van der Waals surface area (Å²) in [7, 11) is 0. The Labute approximate surface area is 145 Å². The van der Waals surface area contributed by atoms with Gasteiger partial charge in [-0.05, 0) is 48.9 Å². The fourth-order valence-corrected chi connectivity index (χ4v) is 2.37. The number of aryl methyl sites for hydroxylation is 1. The summed E-state index contributed by atoms with van der Waals surface area (Å²) in [6.07, 6.45) is 2.15. The van der Waals surface area contributed by atoms with Crippen LogP contribution >= 0.6 is 0 Å². The molecule has 0 aliphatic carbocycles. The monoisotopic (exact) mass is 337 g/mol. The summed E-state index contributed by atoms with van der Waals surface area (Å²) >= 11 is 0. The standard InChI is InChI=1S/C19H19N3O3/c1-3-18(23)21-14-4-6-16(7-5-14)25-12-15-11-19(24)22-9-8-13(2)10-17(22)20-15/h4-11H,3,12H2,1-2H3,(H,21,23). The Morgan fingerprint density at radius 1 is 1.20 bits per heavy atom. The Balaban J connectivity index is 1.72. The summed E-state index contributed by atoms with van der Waals surface area (Å²) in [6.45, 7) is 3.95. The van der Waals surface area contributed by atoms with Crippen molar-refractivity contribution in [1.29, 1.82) is 0 Å². The molecule has 3 aromatic rings. The number of pyridine rings is 1. The zero-order valence-corrected chi connectivity index (χ0v) is 14.2. The molecule has 6 heteroatoms. The Bertz CT molecular complexity index is 962. The first-order chi connectivity index (χ1) is 12.0. The van der Waals surface area contributed by atoms with Gasteiger partial charge in [-0.1, -0.05) is 6.92 Å². The third-order valence-corrected chi connectivity index (χ3v) is 3.72. The van der Waals surface area contributed by atoms with Crippen molar-refractivity contribution < 1.29 is 9.53 Å². The first-order valence-corrected chi connectivity index (χ1v) is 8.07. The van der Waals surface area contributed by atoms with Crippen LogP contribution in [0.5, 0.6) is 5.75 Å². The van der Waals surface area contributed by atoms with Gasteiger partial charge in [-0.3, -0.25) is 14.0 Å². The number of hydrogen-bond donors (Lipinski definition) is 1. The molecule has 3 rings (SSSR count). The summed E-state index contributed by atoms with van der Waals surface area (Å²) in [5.74, 6) is 0.602. The fourth-order valence-electron chi connectivity index (χ4n) is 2.37. The molecule has 1 amide bonds. The molecule has 0 fully saturated rings. The average Bonchev–Trinajstić information content (AvgIpc) is 2.60. The number of ether oxygens (including phenoxy) is 1. The van der Waals surface area contributed by atoms with Crippen molar-refractivity contribution in [3.05, 3.63) is 70.3 Å². The Kier molecular flexibility index (Phi) is 4.79. The number of benzene rings is 1. The summed E-state index contributed by atoms with van der Waals surface area (Å²) in [5, 5.41) is 2.77. The predicted octanol–water partition coefficient (Wildman–Crippen LogP) is 2.93. The lowest BCUT2D eigenvalue weighted by Gasteiger charge is -2.09. The van der Waals surface area contributed by atoms with Gasteiger partial charge in [-0.15, -0.1) is 0 Å². The van der Waals surface area contributed by atoms with Crippen LogP contribution in [-0.4, -0.2) is 15.3 Å². The molecule has 0 unspecified atom stereocenters. The summed E-state index contributed by atoms with van der Waals surface area (Å²) < 4.78 is 7.19. The average molecular weight is 337 g/mol. The number of amides is 1. The number of carbonyl (C=O) groups is 1. The maximum atomic E-state index is 12.1. The van der Waals surface area contributed by atoms with E-state index in [-0.39, 0.29) is 18.1 Å². The first kappa shape index (κ1) is 16.7. The number of aromatic nitrogens is 2. The van der Waals surface area contributed by atoms with Crippen LogP contribution in [0, 0.1) is 6.92 Å². The van der Waals surface area contributed by atoms with Gasteiger partial charge in [-0.25, -0.2) is 4.98 Å². The molecule has 0 aliphatic heterocycles. The lowest BCUT2D eigenvalue weighted by molar-refractivity contribution is -0.115. The van der Waals surface area contributed by atoms with Gasteiger partial charge in [0.2, 0.25) is 5.91 Å². The highest BCUT2D eigenvalue weighted by molar-refractivity contribution is 5.90. The Morgan fingerprint density at radius 3 is 2.68 bits per heavy atom. The molecule has 128 valence electrons. The van der Waals surface area contributed by atoms with Crippen molar-refractivity contribution in [2.45, 2.75) is 26.9 Å².